The Labute approximate surface area is 178 Å². The molecule has 1 atom stereocenters. The second-order valence-corrected chi connectivity index (χ2v) is 11.4. The maximum atomic E-state index is 13.2. The van der Waals surface area contributed by atoms with Gasteiger partial charge < -0.3 is 0 Å². The number of fused-ring (bicyclic) bond motifs is 1. The van der Waals surface area contributed by atoms with Crippen molar-refractivity contribution >= 4 is 16.0 Å². The summed E-state index contributed by atoms with van der Waals surface area (Å²) in [4.78, 5) is 13.2. The van der Waals surface area contributed by atoms with Crippen molar-refractivity contribution < 1.29 is 13.2 Å². The first-order valence-electron chi connectivity index (χ1n) is 10.5. The number of carbonyl (C=O) groups is 1. The van der Waals surface area contributed by atoms with E-state index in [0.717, 1.165) is 24.1 Å². The largest absolute Gasteiger partial charge is 0.294 e. The quantitative estimate of drug-likeness (QED) is 0.731. The predicted molar refractivity (Wildman–Crippen MR) is 115 cm³/mol. The second kappa shape index (κ2) is 7.59. The fourth-order valence-electron chi connectivity index (χ4n) is 4.66. The minimum Gasteiger partial charge on any atom is -0.294 e. The summed E-state index contributed by atoms with van der Waals surface area (Å²) < 4.78 is 30.5. The van der Waals surface area contributed by atoms with E-state index < -0.39 is 16.3 Å². The van der Waals surface area contributed by atoms with Crippen LogP contribution in [0.4, 0.5) is 0 Å². The Balaban J connectivity index is 1.82. The first kappa shape index (κ1) is 21.2. The highest BCUT2D eigenvalue weighted by Gasteiger charge is 2.43. The second-order valence-electron chi connectivity index (χ2n) is 9.35. The zero-order chi connectivity index (χ0) is 21.7. The van der Waals surface area contributed by atoms with Gasteiger partial charge in [0.25, 0.3) is 10.2 Å². The number of hydrogen-bond donors (Lipinski definition) is 0. The fourth-order valence-corrected chi connectivity index (χ4v) is 5.97. The Morgan fingerprint density at radius 3 is 2.53 bits per heavy atom. The van der Waals surface area contributed by atoms with Crippen LogP contribution in [-0.4, -0.2) is 53.2 Å². The number of nitrogens with zero attached hydrogens (tertiary/aromatic N) is 4. The first-order valence-corrected chi connectivity index (χ1v) is 11.9. The zero-order valence-electron chi connectivity index (χ0n) is 18.1. The lowest BCUT2D eigenvalue weighted by atomic mass is 9.75. The summed E-state index contributed by atoms with van der Waals surface area (Å²) in [5, 5.41) is 4.88. The number of ketones is 1. The number of aromatic nitrogens is 2. The van der Waals surface area contributed by atoms with Crippen LogP contribution in [0.3, 0.4) is 0 Å². The van der Waals surface area contributed by atoms with Crippen molar-refractivity contribution in [2.24, 2.45) is 5.41 Å². The normalized spacial score (nSPS) is 21.9. The van der Waals surface area contributed by atoms with Crippen LogP contribution in [0.1, 0.15) is 66.5 Å². The van der Waals surface area contributed by atoms with Gasteiger partial charge in [-0.2, -0.15) is 22.1 Å². The van der Waals surface area contributed by atoms with Crippen molar-refractivity contribution in [3.63, 3.8) is 0 Å². The number of Topliss-reactive ketones (excluding diaryl/α,β-unsaturated/α-hetero) is 1. The molecule has 0 radical (unpaired) electrons. The molecule has 4 rings (SSSR count). The monoisotopic (exact) mass is 430 g/mol. The molecule has 0 spiro atoms. The third kappa shape index (κ3) is 3.72. The van der Waals surface area contributed by atoms with Crippen LogP contribution in [0.2, 0.25) is 0 Å². The van der Waals surface area contributed by atoms with Crippen LogP contribution in [0.15, 0.2) is 30.3 Å². The van der Waals surface area contributed by atoms with Crippen LogP contribution >= 0.6 is 0 Å². The Kier molecular flexibility index (Phi) is 5.36. The maximum Gasteiger partial charge on any atom is 0.282 e. The Hall–Kier alpha value is -2.03. The molecule has 0 N–H and O–H groups in total. The molecule has 0 bridgehead atoms. The molecule has 2 aliphatic rings. The van der Waals surface area contributed by atoms with Crippen molar-refractivity contribution in [3.05, 3.63) is 52.8 Å². The van der Waals surface area contributed by atoms with Gasteiger partial charge in [0.05, 0.1) is 29.5 Å². The minimum absolute atomic E-state index is 0.0738. The maximum absolute atomic E-state index is 13.2. The van der Waals surface area contributed by atoms with Crippen molar-refractivity contribution in [2.75, 3.05) is 20.6 Å². The van der Waals surface area contributed by atoms with E-state index in [0.29, 0.717) is 37.2 Å². The van der Waals surface area contributed by atoms with Crippen molar-refractivity contribution in [3.8, 4) is 0 Å². The lowest BCUT2D eigenvalue weighted by molar-refractivity contribution is 0.0907. The summed E-state index contributed by atoms with van der Waals surface area (Å²) in [5.74, 6) is 0.0738. The molecule has 1 aromatic carbocycles. The Morgan fingerprint density at radius 1 is 1.17 bits per heavy atom. The van der Waals surface area contributed by atoms with E-state index in [-0.39, 0.29) is 11.2 Å². The van der Waals surface area contributed by atoms with E-state index in [1.165, 1.54) is 8.61 Å². The first-order chi connectivity index (χ1) is 14.1. The number of benzene rings is 1. The molecular weight excluding hydrogens is 400 g/mol. The van der Waals surface area contributed by atoms with Crippen LogP contribution in [-0.2, 0) is 23.2 Å². The predicted octanol–water partition coefficient (Wildman–Crippen LogP) is 3.03. The van der Waals surface area contributed by atoms with E-state index >= 15 is 0 Å². The number of carbonyl (C=O) groups excluding carboxylic acids is 1. The zero-order valence-corrected chi connectivity index (χ0v) is 18.9. The van der Waals surface area contributed by atoms with Gasteiger partial charge in [-0.1, -0.05) is 44.2 Å². The molecular formula is C22H30N4O3S. The molecule has 1 aliphatic carbocycles. The van der Waals surface area contributed by atoms with E-state index in [1.54, 1.807) is 14.1 Å². The molecule has 0 amide bonds. The summed E-state index contributed by atoms with van der Waals surface area (Å²) in [6.07, 6.45) is 2.65. The third-order valence-corrected chi connectivity index (χ3v) is 8.05. The topological polar surface area (TPSA) is 75.5 Å². The molecule has 2 heterocycles. The highest BCUT2D eigenvalue weighted by atomic mass is 32.2. The van der Waals surface area contributed by atoms with E-state index in [4.69, 9.17) is 5.10 Å². The van der Waals surface area contributed by atoms with Gasteiger partial charge in [0, 0.05) is 27.1 Å². The molecule has 1 saturated heterocycles. The lowest BCUT2D eigenvalue weighted by Gasteiger charge is -2.30. The minimum atomic E-state index is -3.58. The van der Waals surface area contributed by atoms with Crippen molar-refractivity contribution in [1.82, 2.24) is 18.4 Å². The number of hydrogen-bond acceptors (Lipinski definition) is 4. The highest BCUT2D eigenvalue weighted by Crippen LogP contribution is 2.42. The molecule has 30 heavy (non-hydrogen) atoms. The summed E-state index contributed by atoms with van der Waals surface area (Å²) in [6.45, 7) is 5.22. The van der Waals surface area contributed by atoms with Gasteiger partial charge in [-0.25, -0.2) is 0 Å². The third-order valence-electron chi connectivity index (χ3n) is 6.10. The molecule has 7 nitrogen and oxygen atoms in total. The summed E-state index contributed by atoms with van der Waals surface area (Å²) in [5.41, 5.74) is 3.18. The van der Waals surface area contributed by atoms with E-state index in [1.807, 2.05) is 35.0 Å². The average Bonchev–Trinajstić information content (AvgIpc) is 3.27. The molecule has 8 heteroatoms. The fraction of sp³-hybridized carbons (Fsp3) is 0.545. The summed E-state index contributed by atoms with van der Waals surface area (Å²) in [7, 11) is -0.497. The molecule has 2 aromatic rings. The Morgan fingerprint density at radius 2 is 1.87 bits per heavy atom. The molecule has 1 aromatic heterocycles. The molecule has 162 valence electrons. The Bertz CT molecular complexity index is 1060. The highest BCUT2D eigenvalue weighted by molar-refractivity contribution is 7.86. The van der Waals surface area contributed by atoms with Gasteiger partial charge in [0.15, 0.2) is 5.78 Å². The summed E-state index contributed by atoms with van der Waals surface area (Å²) in [6, 6.07) is 9.65. The van der Waals surface area contributed by atoms with Gasteiger partial charge in [0.1, 0.15) is 0 Å². The van der Waals surface area contributed by atoms with Gasteiger partial charge in [-0.05, 0) is 30.2 Å². The SMILES string of the molecule is CN(C)S(=O)(=O)N1CCC[C@H]1c1nn(Cc2ccccc2)c2c1C(=O)CC(C)(C)C2. The molecule has 0 unspecified atom stereocenters. The lowest BCUT2D eigenvalue weighted by Crippen LogP contribution is -2.40. The van der Waals surface area contributed by atoms with Gasteiger partial charge in [-0.15, -0.1) is 0 Å². The average molecular weight is 431 g/mol. The van der Waals surface area contributed by atoms with Crippen LogP contribution in [0.5, 0.6) is 0 Å². The van der Waals surface area contributed by atoms with Crippen molar-refractivity contribution in [2.45, 2.75) is 52.1 Å². The van der Waals surface area contributed by atoms with E-state index in [2.05, 4.69) is 13.8 Å². The molecule has 1 aliphatic heterocycles. The van der Waals surface area contributed by atoms with Crippen molar-refractivity contribution in [1.29, 1.82) is 0 Å². The number of rotatable bonds is 5. The van der Waals surface area contributed by atoms with Gasteiger partial charge >= 0.3 is 0 Å². The smallest absolute Gasteiger partial charge is 0.282 e. The van der Waals surface area contributed by atoms with Crippen LogP contribution in [0, 0.1) is 5.41 Å². The standard InChI is InChI=1S/C22H30N4O3S/c1-22(2)13-18-20(19(27)14-22)21(23-25(18)15-16-9-6-5-7-10-16)17-11-8-12-26(17)30(28,29)24(3)4/h5-7,9-10,17H,8,11-15H2,1-4H3/t17-/m0/s1. The van der Waals surface area contributed by atoms with Crippen LogP contribution in [0.25, 0.3) is 0 Å². The molecule has 0 saturated carbocycles. The van der Waals surface area contributed by atoms with Gasteiger partial charge in [-0.3, -0.25) is 9.48 Å². The molecule has 1 fully saturated rings. The van der Waals surface area contributed by atoms with Crippen LogP contribution < -0.4 is 0 Å². The van der Waals surface area contributed by atoms with E-state index in [9.17, 15) is 13.2 Å². The van der Waals surface area contributed by atoms with Gasteiger partial charge in [0.2, 0.25) is 0 Å². The summed E-state index contributed by atoms with van der Waals surface area (Å²) >= 11 is 0.